The molecular formula is C24H31ClN2O3S. The Morgan fingerprint density at radius 2 is 1.55 bits per heavy atom. The van der Waals surface area contributed by atoms with Gasteiger partial charge in [-0.1, -0.05) is 63.9 Å². The topological polar surface area (TPSA) is 66.5 Å². The number of hydrogen-bond donors (Lipinski definition) is 1. The summed E-state index contributed by atoms with van der Waals surface area (Å²) in [5.74, 6) is 0.116. The quantitative estimate of drug-likeness (QED) is 0.571. The molecule has 0 aliphatic carbocycles. The highest BCUT2D eigenvalue weighted by molar-refractivity contribution is 7.89. The zero-order valence-corrected chi connectivity index (χ0v) is 20.2. The fourth-order valence-electron chi connectivity index (χ4n) is 3.97. The number of hydrogen-bond acceptors (Lipinski definition) is 3. The van der Waals surface area contributed by atoms with Crippen LogP contribution in [0.25, 0.3) is 0 Å². The summed E-state index contributed by atoms with van der Waals surface area (Å²) in [6, 6.07) is 10.5. The Labute approximate surface area is 190 Å². The van der Waals surface area contributed by atoms with Gasteiger partial charge in [-0.05, 0) is 54.0 Å². The molecule has 0 spiro atoms. The maximum absolute atomic E-state index is 13.2. The molecule has 1 amide bonds. The second-order valence-electron chi connectivity index (χ2n) is 8.68. The number of sulfonamides is 1. The van der Waals surface area contributed by atoms with Gasteiger partial charge in [-0.25, -0.2) is 8.42 Å². The summed E-state index contributed by atoms with van der Waals surface area (Å²) in [5.41, 5.74) is 3.17. The molecule has 2 aromatic carbocycles. The Balaban J connectivity index is 1.97. The lowest BCUT2D eigenvalue weighted by Crippen LogP contribution is -2.35. The first kappa shape index (κ1) is 23.8. The van der Waals surface area contributed by atoms with E-state index in [9.17, 15) is 13.2 Å². The van der Waals surface area contributed by atoms with Crippen molar-refractivity contribution in [2.45, 2.75) is 63.7 Å². The zero-order chi connectivity index (χ0) is 22.8. The molecule has 1 N–H and O–H groups in total. The first-order valence-corrected chi connectivity index (χ1v) is 12.7. The van der Waals surface area contributed by atoms with Crippen molar-refractivity contribution in [3.63, 3.8) is 0 Å². The molecule has 31 heavy (non-hydrogen) atoms. The molecule has 5 nitrogen and oxygen atoms in total. The van der Waals surface area contributed by atoms with Crippen LogP contribution in [0.3, 0.4) is 0 Å². The molecule has 0 saturated carbocycles. The normalized spacial score (nSPS) is 15.5. The van der Waals surface area contributed by atoms with E-state index in [0.717, 1.165) is 36.1 Å². The molecule has 0 unspecified atom stereocenters. The number of halogens is 1. The number of nitrogens with one attached hydrogen (secondary N) is 1. The zero-order valence-electron chi connectivity index (χ0n) is 18.6. The number of amides is 1. The van der Waals surface area contributed by atoms with Gasteiger partial charge in [0.05, 0.1) is 5.02 Å². The molecule has 1 heterocycles. The average Bonchev–Trinajstić information content (AvgIpc) is 2.74. The molecule has 2 aromatic rings. The minimum absolute atomic E-state index is 0.00931. The van der Waals surface area contributed by atoms with Crippen molar-refractivity contribution in [2.24, 2.45) is 0 Å². The van der Waals surface area contributed by atoms with E-state index in [4.69, 9.17) is 11.6 Å². The Kier molecular flexibility index (Phi) is 7.45. The van der Waals surface area contributed by atoms with E-state index in [2.05, 4.69) is 33.0 Å². The third-order valence-electron chi connectivity index (χ3n) is 5.74. The molecular weight excluding hydrogens is 432 g/mol. The second-order valence-corrected chi connectivity index (χ2v) is 11.0. The van der Waals surface area contributed by atoms with Crippen LogP contribution in [0, 0.1) is 0 Å². The van der Waals surface area contributed by atoms with Crippen LogP contribution in [-0.4, -0.2) is 31.7 Å². The van der Waals surface area contributed by atoms with Gasteiger partial charge in [-0.3, -0.25) is 4.79 Å². The maximum atomic E-state index is 13.2. The van der Waals surface area contributed by atoms with Crippen molar-refractivity contribution >= 4 is 33.2 Å². The molecule has 1 aliphatic rings. The molecule has 0 aromatic heterocycles. The first-order valence-electron chi connectivity index (χ1n) is 10.9. The number of carbonyl (C=O) groups excluding carboxylic acids is 1. The molecule has 7 heteroatoms. The maximum Gasteiger partial charge on any atom is 0.255 e. The lowest BCUT2D eigenvalue weighted by atomic mass is 9.92. The van der Waals surface area contributed by atoms with E-state index in [0.29, 0.717) is 13.1 Å². The van der Waals surface area contributed by atoms with Gasteiger partial charge in [0, 0.05) is 24.3 Å². The predicted molar refractivity (Wildman–Crippen MR) is 127 cm³/mol. The van der Waals surface area contributed by atoms with Gasteiger partial charge in [0.25, 0.3) is 5.91 Å². The summed E-state index contributed by atoms with van der Waals surface area (Å²) < 4.78 is 27.7. The Morgan fingerprint density at radius 3 is 2.10 bits per heavy atom. The third-order valence-corrected chi connectivity index (χ3v) is 8.12. The molecule has 0 bridgehead atoms. The highest BCUT2D eigenvalue weighted by Gasteiger charge is 2.29. The lowest BCUT2D eigenvalue weighted by Gasteiger charge is -2.26. The van der Waals surface area contributed by atoms with Crippen molar-refractivity contribution < 1.29 is 13.2 Å². The van der Waals surface area contributed by atoms with Gasteiger partial charge < -0.3 is 5.32 Å². The van der Waals surface area contributed by atoms with Crippen LogP contribution < -0.4 is 5.32 Å². The average molecular weight is 463 g/mol. The van der Waals surface area contributed by atoms with Gasteiger partial charge >= 0.3 is 0 Å². The van der Waals surface area contributed by atoms with Crippen LogP contribution in [0.1, 0.15) is 80.3 Å². The molecule has 1 saturated heterocycles. The predicted octanol–water partition coefficient (Wildman–Crippen LogP) is 6.01. The monoisotopic (exact) mass is 462 g/mol. The van der Waals surface area contributed by atoms with E-state index in [1.54, 1.807) is 6.07 Å². The van der Waals surface area contributed by atoms with E-state index < -0.39 is 10.0 Å². The lowest BCUT2D eigenvalue weighted by molar-refractivity contribution is 0.102. The minimum Gasteiger partial charge on any atom is -0.321 e. The standard InChI is InChI=1S/C24H31ClN2O3S/c1-16(2)19-9-8-10-20(17(3)4)23(19)26-24(28)18-11-12-21(25)22(15-18)31(29,30)27-13-6-5-7-14-27/h8-12,15-17H,5-7,13-14H2,1-4H3,(H,26,28). The van der Waals surface area contributed by atoms with Crippen LogP contribution in [0.2, 0.25) is 5.02 Å². The van der Waals surface area contributed by atoms with Crippen molar-refractivity contribution in [3.05, 3.63) is 58.1 Å². The third kappa shape index (κ3) is 5.13. The number of benzene rings is 2. The van der Waals surface area contributed by atoms with Gasteiger partial charge in [0.15, 0.2) is 0 Å². The molecule has 0 atom stereocenters. The van der Waals surface area contributed by atoms with Crippen molar-refractivity contribution in [1.29, 1.82) is 0 Å². The number of carbonyl (C=O) groups is 1. The van der Waals surface area contributed by atoms with Crippen molar-refractivity contribution in [2.75, 3.05) is 18.4 Å². The summed E-state index contributed by atoms with van der Waals surface area (Å²) in [6.45, 7) is 9.30. The summed E-state index contributed by atoms with van der Waals surface area (Å²) in [4.78, 5) is 13.2. The van der Waals surface area contributed by atoms with Crippen molar-refractivity contribution in [3.8, 4) is 0 Å². The fraction of sp³-hybridized carbons (Fsp3) is 0.458. The first-order chi connectivity index (χ1) is 14.6. The largest absolute Gasteiger partial charge is 0.321 e. The molecule has 3 rings (SSSR count). The molecule has 1 fully saturated rings. The van der Waals surface area contributed by atoms with Gasteiger partial charge in [-0.15, -0.1) is 0 Å². The number of para-hydroxylation sites is 1. The summed E-state index contributed by atoms with van der Waals surface area (Å²) >= 11 is 6.26. The van der Waals surface area contributed by atoms with Crippen LogP contribution in [0.5, 0.6) is 0 Å². The van der Waals surface area contributed by atoms with E-state index in [1.165, 1.54) is 16.4 Å². The molecule has 0 radical (unpaired) electrons. The summed E-state index contributed by atoms with van der Waals surface area (Å²) in [5, 5.41) is 3.18. The van der Waals surface area contributed by atoms with Gasteiger partial charge in [0.2, 0.25) is 10.0 Å². The number of anilines is 1. The van der Waals surface area contributed by atoms with Crippen LogP contribution >= 0.6 is 11.6 Å². The van der Waals surface area contributed by atoms with E-state index in [1.807, 2.05) is 18.2 Å². The Bertz CT molecular complexity index is 1030. The number of piperidine rings is 1. The van der Waals surface area contributed by atoms with Crippen molar-refractivity contribution in [1.82, 2.24) is 4.31 Å². The fourth-order valence-corrected chi connectivity index (χ4v) is 5.99. The van der Waals surface area contributed by atoms with Crippen LogP contribution in [0.4, 0.5) is 5.69 Å². The number of nitrogens with zero attached hydrogens (tertiary/aromatic N) is 1. The highest BCUT2D eigenvalue weighted by Crippen LogP contribution is 2.33. The van der Waals surface area contributed by atoms with Crippen LogP contribution in [-0.2, 0) is 10.0 Å². The van der Waals surface area contributed by atoms with E-state index >= 15 is 0 Å². The Hall–Kier alpha value is -1.89. The van der Waals surface area contributed by atoms with E-state index in [-0.39, 0.29) is 33.2 Å². The SMILES string of the molecule is CC(C)c1cccc(C(C)C)c1NC(=O)c1ccc(Cl)c(S(=O)(=O)N2CCCCC2)c1. The molecule has 168 valence electrons. The molecule has 1 aliphatic heterocycles. The van der Waals surface area contributed by atoms with Gasteiger partial charge in [-0.2, -0.15) is 4.31 Å². The summed E-state index contributed by atoms with van der Waals surface area (Å²) in [6.07, 6.45) is 2.69. The summed E-state index contributed by atoms with van der Waals surface area (Å²) in [7, 11) is -3.74. The second kappa shape index (κ2) is 9.72. The Morgan fingerprint density at radius 1 is 0.968 bits per heavy atom. The number of rotatable bonds is 6. The highest BCUT2D eigenvalue weighted by atomic mass is 35.5. The minimum atomic E-state index is -3.74. The van der Waals surface area contributed by atoms with Gasteiger partial charge in [0.1, 0.15) is 4.90 Å². The van der Waals surface area contributed by atoms with Crippen LogP contribution in [0.15, 0.2) is 41.3 Å². The smallest absolute Gasteiger partial charge is 0.255 e.